The van der Waals surface area contributed by atoms with Crippen molar-refractivity contribution in [2.45, 2.75) is 44.6 Å². The normalized spacial score (nSPS) is 31.1. The van der Waals surface area contributed by atoms with Crippen LogP contribution in [0.15, 0.2) is 24.3 Å². The van der Waals surface area contributed by atoms with Crippen molar-refractivity contribution in [2.24, 2.45) is 0 Å². The van der Waals surface area contributed by atoms with Gasteiger partial charge >= 0.3 is 0 Å². The van der Waals surface area contributed by atoms with Gasteiger partial charge in [-0.2, -0.15) is 0 Å². The molecule has 0 radical (unpaired) electrons. The summed E-state index contributed by atoms with van der Waals surface area (Å²) in [5, 5.41) is 21.6. The molecule has 1 spiro atoms. The molecule has 120 valence electrons. The summed E-state index contributed by atoms with van der Waals surface area (Å²) in [5.41, 5.74) is 0.621. The van der Waals surface area contributed by atoms with E-state index >= 15 is 0 Å². The average Bonchev–Trinajstić information content (AvgIpc) is 2.53. The number of piperidine rings is 1. The van der Waals surface area contributed by atoms with Gasteiger partial charge in [-0.25, -0.2) is 0 Å². The van der Waals surface area contributed by atoms with Crippen LogP contribution < -0.4 is 0 Å². The highest BCUT2D eigenvalue weighted by Crippen LogP contribution is 2.39. The van der Waals surface area contributed by atoms with E-state index in [1.165, 1.54) is 31.4 Å². The number of nitro benzene ring substituents is 1. The molecule has 0 aliphatic carbocycles. The van der Waals surface area contributed by atoms with Crippen LogP contribution in [-0.4, -0.2) is 40.4 Å². The fourth-order valence-corrected chi connectivity index (χ4v) is 3.79. The predicted octanol–water partition coefficient (Wildman–Crippen LogP) is 2.51. The predicted molar refractivity (Wildman–Crippen MR) is 80.9 cm³/mol. The van der Waals surface area contributed by atoms with Crippen molar-refractivity contribution in [3.05, 3.63) is 39.9 Å². The number of nitrogens with zero attached hydrogens (tertiary/aromatic N) is 2. The van der Waals surface area contributed by atoms with Gasteiger partial charge in [0.05, 0.1) is 31.0 Å². The molecule has 3 rings (SSSR count). The van der Waals surface area contributed by atoms with Gasteiger partial charge in [0.25, 0.3) is 5.69 Å². The molecule has 0 amide bonds. The van der Waals surface area contributed by atoms with Crippen LogP contribution in [0.1, 0.15) is 38.2 Å². The molecular formula is C16H23N2O4+. The van der Waals surface area contributed by atoms with E-state index in [0.29, 0.717) is 12.0 Å². The lowest BCUT2D eigenvalue weighted by atomic mass is 9.96. The van der Waals surface area contributed by atoms with Crippen molar-refractivity contribution in [2.75, 3.05) is 19.6 Å². The topological polar surface area (TPSA) is 72.6 Å². The third-order valence-electron chi connectivity index (χ3n) is 5.27. The van der Waals surface area contributed by atoms with E-state index in [4.69, 9.17) is 4.74 Å². The molecule has 2 heterocycles. The number of nitro groups is 1. The van der Waals surface area contributed by atoms with Gasteiger partial charge in [-0.3, -0.25) is 19.3 Å². The smallest absolute Gasteiger partial charge is 0.269 e. The van der Waals surface area contributed by atoms with E-state index in [1.807, 2.05) is 6.92 Å². The SMILES string of the molecule is C[C@H]1O[C@@](O)(c2ccc([N+](=O)[O-])cc2)CC[N+]12CCCCC2. The van der Waals surface area contributed by atoms with Crippen LogP contribution in [-0.2, 0) is 10.5 Å². The first kappa shape index (κ1) is 15.4. The largest absolute Gasteiger partial charge is 0.361 e. The Morgan fingerprint density at radius 3 is 2.41 bits per heavy atom. The second-order valence-electron chi connectivity index (χ2n) is 6.51. The summed E-state index contributed by atoms with van der Waals surface area (Å²) in [6.07, 6.45) is 4.16. The minimum absolute atomic E-state index is 0.0238. The maximum absolute atomic E-state index is 10.9. The summed E-state index contributed by atoms with van der Waals surface area (Å²) in [7, 11) is 0. The van der Waals surface area contributed by atoms with E-state index < -0.39 is 10.7 Å². The van der Waals surface area contributed by atoms with Crippen LogP contribution in [0.5, 0.6) is 0 Å². The molecule has 2 atom stereocenters. The minimum Gasteiger partial charge on any atom is -0.361 e. The highest BCUT2D eigenvalue weighted by molar-refractivity contribution is 5.34. The molecule has 6 nitrogen and oxygen atoms in total. The molecular weight excluding hydrogens is 284 g/mol. The summed E-state index contributed by atoms with van der Waals surface area (Å²) < 4.78 is 6.94. The summed E-state index contributed by atoms with van der Waals surface area (Å²) in [6, 6.07) is 6.02. The number of non-ortho nitro benzene ring substituents is 1. The molecule has 0 saturated carbocycles. The second kappa shape index (κ2) is 5.61. The fraction of sp³-hybridized carbons (Fsp3) is 0.625. The van der Waals surface area contributed by atoms with E-state index in [0.717, 1.165) is 24.1 Å². The Morgan fingerprint density at radius 1 is 1.23 bits per heavy atom. The van der Waals surface area contributed by atoms with Crippen molar-refractivity contribution < 1.29 is 19.2 Å². The molecule has 1 aromatic carbocycles. The molecule has 2 aliphatic heterocycles. The van der Waals surface area contributed by atoms with Gasteiger partial charge in [0.1, 0.15) is 0 Å². The molecule has 2 aliphatic rings. The Bertz CT molecular complexity index is 554. The van der Waals surface area contributed by atoms with Crippen molar-refractivity contribution in [3.63, 3.8) is 0 Å². The third-order valence-corrected chi connectivity index (χ3v) is 5.27. The molecule has 0 bridgehead atoms. The number of aliphatic hydroxyl groups is 1. The Labute approximate surface area is 130 Å². The van der Waals surface area contributed by atoms with Gasteiger partial charge in [0.15, 0.2) is 6.23 Å². The summed E-state index contributed by atoms with van der Waals surface area (Å²) in [5.74, 6) is -1.34. The highest BCUT2D eigenvalue weighted by atomic mass is 16.6. The van der Waals surface area contributed by atoms with E-state index in [2.05, 4.69) is 0 Å². The third kappa shape index (κ3) is 2.62. The Kier molecular flexibility index (Phi) is 3.92. The number of rotatable bonds is 2. The van der Waals surface area contributed by atoms with Crippen LogP contribution in [0.25, 0.3) is 0 Å². The molecule has 22 heavy (non-hydrogen) atoms. The van der Waals surface area contributed by atoms with Crippen LogP contribution in [0.3, 0.4) is 0 Å². The average molecular weight is 307 g/mol. The zero-order valence-corrected chi connectivity index (χ0v) is 12.9. The maximum atomic E-state index is 10.9. The number of hydrogen-bond acceptors (Lipinski definition) is 4. The Balaban J connectivity index is 1.78. The van der Waals surface area contributed by atoms with E-state index in [1.54, 1.807) is 12.1 Å². The molecule has 2 saturated heterocycles. The molecule has 2 fully saturated rings. The summed E-state index contributed by atoms with van der Waals surface area (Å²) in [6.45, 7) is 5.13. The minimum atomic E-state index is -1.34. The molecule has 0 unspecified atom stereocenters. The van der Waals surface area contributed by atoms with Crippen LogP contribution in [0.4, 0.5) is 5.69 Å². The Morgan fingerprint density at radius 2 is 1.86 bits per heavy atom. The first-order valence-corrected chi connectivity index (χ1v) is 7.96. The van der Waals surface area contributed by atoms with Gasteiger partial charge in [0.2, 0.25) is 5.79 Å². The lowest BCUT2D eigenvalue weighted by Crippen LogP contribution is -2.64. The lowest BCUT2D eigenvalue weighted by Gasteiger charge is -2.52. The first-order chi connectivity index (χ1) is 10.5. The first-order valence-electron chi connectivity index (χ1n) is 7.96. The van der Waals surface area contributed by atoms with E-state index in [9.17, 15) is 15.2 Å². The number of ether oxygens (including phenoxy) is 1. The zero-order valence-electron chi connectivity index (χ0n) is 12.9. The van der Waals surface area contributed by atoms with Crippen LogP contribution >= 0.6 is 0 Å². The van der Waals surface area contributed by atoms with Gasteiger partial charge in [-0.05, 0) is 31.4 Å². The van der Waals surface area contributed by atoms with Crippen molar-refractivity contribution in [3.8, 4) is 0 Å². The monoisotopic (exact) mass is 307 g/mol. The van der Waals surface area contributed by atoms with E-state index in [-0.39, 0.29) is 11.9 Å². The van der Waals surface area contributed by atoms with Crippen LogP contribution in [0.2, 0.25) is 0 Å². The van der Waals surface area contributed by atoms with Crippen LogP contribution in [0, 0.1) is 10.1 Å². The highest BCUT2D eigenvalue weighted by Gasteiger charge is 2.48. The fourth-order valence-electron chi connectivity index (χ4n) is 3.79. The number of quaternary nitrogens is 1. The standard InChI is InChI=1S/C16H23N2O4/c1-13-18(10-3-2-4-11-18)12-9-16(19,22-13)14-5-7-15(8-6-14)17(20)21/h5-8,13,19H,2-4,9-12H2,1H3/q+1/t13-,16-/m1/s1. The molecule has 1 aromatic rings. The van der Waals surface area contributed by atoms with Gasteiger partial charge in [0, 0.05) is 24.6 Å². The maximum Gasteiger partial charge on any atom is 0.269 e. The zero-order chi connectivity index (χ0) is 15.8. The molecule has 6 heteroatoms. The molecule has 0 aromatic heterocycles. The number of benzene rings is 1. The Hall–Kier alpha value is -1.50. The number of hydrogen-bond donors (Lipinski definition) is 1. The van der Waals surface area contributed by atoms with Crippen molar-refractivity contribution >= 4 is 5.69 Å². The van der Waals surface area contributed by atoms with Gasteiger partial charge in [-0.1, -0.05) is 0 Å². The summed E-state index contributed by atoms with van der Waals surface area (Å²) in [4.78, 5) is 10.3. The second-order valence-corrected chi connectivity index (χ2v) is 6.51. The van der Waals surface area contributed by atoms with Crippen molar-refractivity contribution in [1.82, 2.24) is 0 Å². The van der Waals surface area contributed by atoms with Gasteiger partial charge in [-0.15, -0.1) is 0 Å². The lowest BCUT2D eigenvalue weighted by molar-refractivity contribution is -0.987. The van der Waals surface area contributed by atoms with Gasteiger partial charge < -0.3 is 5.11 Å². The summed E-state index contributed by atoms with van der Waals surface area (Å²) >= 11 is 0. The van der Waals surface area contributed by atoms with Crippen molar-refractivity contribution in [1.29, 1.82) is 0 Å². The quantitative estimate of drug-likeness (QED) is 0.517. The molecule has 1 N–H and O–H groups in total.